The molecule has 0 aliphatic carbocycles. The zero-order chi connectivity index (χ0) is 18.2. The molecule has 0 spiro atoms. The second-order valence-corrected chi connectivity index (χ2v) is 5.76. The summed E-state index contributed by atoms with van der Waals surface area (Å²) in [6.07, 6.45) is 20.4. The molecule has 0 aromatic carbocycles. The van der Waals surface area contributed by atoms with E-state index < -0.39 is 0 Å². The van der Waals surface area contributed by atoms with Crippen molar-refractivity contribution in [3.05, 3.63) is 71.7 Å². The van der Waals surface area contributed by atoms with Gasteiger partial charge >= 0.3 is 0 Å². The van der Waals surface area contributed by atoms with Crippen LogP contribution in [0.25, 0.3) is 0 Å². The first-order chi connectivity index (χ1) is 11.5. The third-order valence-corrected chi connectivity index (χ3v) is 3.68. The van der Waals surface area contributed by atoms with Gasteiger partial charge in [-0.25, -0.2) is 0 Å². The summed E-state index contributed by atoms with van der Waals surface area (Å²) in [5, 5.41) is 2.97. The van der Waals surface area contributed by atoms with Crippen LogP contribution >= 0.6 is 0 Å². The largest absolute Gasteiger partial charge is 0.394 e. The zero-order valence-electron chi connectivity index (χ0n) is 16.1. The molecule has 0 amide bonds. The first kappa shape index (κ1) is 21.9. The molecule has 0 radical (unpaired) electrons. The Hall–Kier alpha value is -2.09. The average Bonchev–Trinajstić information content (AvgIpc) is 2.57. The highest BCUT2D eigenvalue weighted by Crippen LogP contribution is 2.13. The van der Waals surface area contributed by atoms with E-state index >= 15 is 0 Å². The number of hydrogen-bond donors (Lipinski definition) is 1. The fraction of sp³-hybridized carbons (Fsp3) is 0.409. The molecule has 2 nitrogen and oxygen atoms in total. The van der Waals surface area contributed by atoms with Gasteiger partial charge in [0.25, 0.3) is 0 Å². The monoisotopic (exact) mass is 326 g/mol. The normalized spacial score (nSPS) is 14.3. The fourth-order valence-corrected chi connectivity index (χ4v) is 1.88. The minimum absolute atomic E-state index is 0.954. The average molecular weight is 327 g/mol. The summed E-state index contributed by atoms with van der Waals surface area (Å²) >= 11 is 0. The van der Waals surface area contributed by atoms with Crippen molar-refractivity contribution in [1.82, 2.24) is 5.32 Å². The van der Waals surface area contributed by atoms with Gasteiger partial charge in [0.15, 0.2) is 0 Å². The first-order valence-corrected chi connectivity index (χ1v) is 8.78. The van der Waals surface area contributed by atoms with Crippen molar-refractivity contribution >= 4 is 6.21 Å². The molecule has 0 saturated heterocycles. The Balaban J connectivity index is 4.50. The maximum atomic E-state index is 4.40. The van der Waals surface area contributed by atoms with E-state index in [1.807, 2.05) is 31.7 Å². The summed E-state index contributed by atoms with van der Waals surface area (Å²) in [5.74, 6) is 0. The van der Waals surface area contributed by atoms with Gasteiger partial charge in [0.05, 0.1) is 0 Å². The summed E-state index contributed by atoms with van der Waals surface area (Å²) in [5.41, 5.74) is 4.87. The molecule has 24 heavy (non-hydrogen) atoms. The Kier molecular flexibility index (Phi) is 13.2. The summed E-state index contributed by atoms with van der Waals surface area (Å²) < 4.78 is 0. The number of aliphatic imine (C=N–C) groups is 1. The van der Waals surface area contributed by atoms with Gasteiger partial charge in [-0.2, -0.15) is 0 Å². The zero-order valence-corrected chi connectivity index (χ0v) is 16.1. The Bertz CT molecular complexity index is 540. The third-order valence-electron chi connectivity index (χ3n) is 3.68. The van der Waals surface area contributed by atoms with Crippen LogP contribution in [0.1, 0.15) is 53.4 Å². The number of rotatable bonds is 11. The first-order valence-electron chi connectivity index (χ1n) is 8.78. The van der Waals surface area contributed by atoms with Gasteiger partial charge in [0, 0.05) is 19.5 Å². The second kappa shape index (κ2) is 14.5. The predicted octanol–water partition coefficient (Wildman–Crippen LogP) is 6.28. The maximum absolute atomic E-state index is 4.40. The van der Waals surface area contributed by atoms with E-state index in [-0.39, 0.29) is 0 Å². The minimum atomic E-state index is 0.954. The molecule has 0 aliphatic rings. The predicted molar refractivity (Wildman–Crippen MR) is 110 cm³/mol. The van der Waals surface area contributed by atoms with Crippen molar-refractivity contribution < 1.29 is 0 Å². The van der Waals surface area contributed by atoms with E-state index in [1.54, 1.807) is 0 Å². The van der Waals surface area contributed by atoms with Crippen LogP contribution in [0.5, 0.6) is 0 Å². The van der Waals surface area contributed by atoms with Gasteiger partial charge in [0.1, 0.15) is 0 Å². The number of nitrogens with zero attached hydrogens (tertiary/aromatic N) is 1. The van der Waals surface area contributed by atoms with Crippen LogP contribution in [0, 0.1) is 0 Å². The lowest BCUT2D eigenvalue weighted by Crippen LogP contribution is -1.90. The van der Waals surface area contributed by atoms with Crippen LogP contribution < -0.4 is 5.32 Å². The Morgan fingerprint density at radius 3 is 2.42 bits per heavy atom. The van der Waals surface area contributed by atoms with Crippen LogP contribution in [-0.2, 0) is 0 Å². The summed E-state index contributed by atoms with van der Waals surface area (Å²) in [6, 6.07) is 0. The summed E-state index contributed by atoms with van der Waals surface area (Å²) in [7, 11) is 1.89. The smallest absolute Gasteiger partial charge is 0.0299 e. The van der Waals surface area contributed by atoms with Gasteiger partial charge < -0.3 is 5.32 Å². The van der Waals surface area contributed by atoms with Crippen molar-refractivity contribution in [2.75, 3.05) is 7.05 Å². The highest BCUT2D eigenvalue weighted by Gasteiger charge is 1.96. The van der Waals surface area contributed by atoms with E-state index in [2.05, 4.69) is 68.9 Å². The highest BCUT2D eigenvalue weighted by atomic mass is 14.8. The molecule has 0 atom stereocenters. The SMILES string of the molecule is C=C(C=N/C=C(C)/C(C)=C/C=C/NC)CC/C(=C/C=C\CC)CC. The van der Waals surface area contributed by atoms with Crippen molar-refractivity contribution in [1.29, 1.82) is 0 Å². The molecule has 0 fully saturated rings. The Morgan fingerprint density at radius 2 is 1.79 bits per heavy atom. The third kappa shape index (κ3) is 11.5. The lowest BCUT2D eigenvalue weighted by atomic mass is 10.0. The summed E-state index contributed by atoms with van der Waals surface area (Å²) in [6.45, 7) is 12.6. The van der Waals surface area contributed by atoms with Crippen LogP contribution in [0.4, 0.5) is 0 Å². The van der Waals surface area contributed by atoms with Crippen molar-refractivity contribution in [2.45, 2.75) is 53.4 Å². The van der Waals surface area contributed by atoms with E-state index in [0.717, 1.165) is 36.8 Å². The fourth-order valence-electron chi connectivity index (χ4n) is 1.88. The molecule has 0 rings (SSSR count). The molecule has 0 aromatic rings. The molecule has 0 unspecified atom stereocenters. The second-order valence-electron chi connectivity index (χ2n) is 5.76. The van der Waals surface area contributed by atoms with Gasteiger partial charge in [-0.3, -0.25) is 4.99 Å². The Morgan fingerprint density at radius 1 is 1.04 bits per heavy atom. The van der Waals surface area contributed by atoms with Gasteiger partial charge in [-0.05, 0) is 68.5 Å². The topological polar surface area (TPSA) is 24.4 Å². The van der Waals surface area contributed by atoms with Crippen LogP contribution in [0.2, 0.25) is 0 Å². The van der Waals surface area contributed by atoms with Gasteiger partial charge in [0.2, 0.25) is 0 Å². The quantitative estimate of drug-likeness (QED) is 0.351. The molecule has 0 heterocycles. The lowest BCUT2D eigenvalue weighted by Gasteiger charge is -2.03. The Labute approximate surface area is 149 Å². The van der Waals surface area contributed by atoms with E-state index in [1.165, 1.54) is 11.1 Å². The molecular formula is C22H34N2. The highest BCUT2D eigenvalue weighted by molar-refractivity contribution is 5.78. The maximum Gasteiger partial charge on any atom is 0.0299 e. The molecule has 0 bridgehead atoms. The molecule has 2 heteroatoms. The lowest BCUT2D eigenvalue weighted by molar-refractivity contribution is 0.898. The van der Waals surface area contributed by atoms with Crippen LogP contribution in [0.15, 0.2) is 76.6 Å². The molecule has 132 valence electrons. The summed E-state index contributed by atoms with van der Waals surface area (Å²) in [4.78, 5) is 4.40. The number of hydrogen-bond acceptors (Lipinski definition) is 2. The van der Waals surface area contributed by atoms with E-state index in [0.29, 0.717) is 0 Å². The van der Waals surface area contributed by atoms with E-state index in [9.17, 15) is 0 Å². The molecule has 0 saturated carbocycles. The van der Waals surface area contributed by atoms with Crippen LogP contribution in [-0.4, -0.2) is 13.3 Å². The number of nitrogens with one attached hydrogen (secondary N) is 1. The number of allylic oxidation sites excluding steroid dienone is 9. The van der Waals surface area contributed by atoms with Gasteiger partial charge in [-0.1, -0.05) is 50.3 Å². The van der Waals surface area contributed by atoms with Crippen molar-refractivity contribution in [3.8, 4) is 0 Å². The molecule has 0 aliphatic heterocycles. The molecule has 0 aromatic heterocycles. The van der Waals surface area contributed by atoms with Crippen molar-refractivity contribution in [2.24, 2.45) is 4.99 Å². The molecular weight excluding hydrogens is 292 g/mol. The standard InChI is InChI=1S/C22H34N2/c1-7-9-10-13-22(8-2)15-14-19(3)17-24-18-21(5)20(4)12-11-16-23-6/h9-13,16-18,23H,3,7-8,14-15H2,1-2,4-6H3/b10-9-,16-11+,20-12+,21-18+,22-13+,24-17?. The van der Waals surface area contributed by atoms with Crippen LogP contribution in [0.3, 0.4) is 0 Å². The van der Waals surface area contributed by atoms with E-state index in [4.69, 9.17) is 0 Å². The van der Waals surface area contributed by atoms with Crippen molar-refractivity contribution in [3.63, 3.8) is 0 Å². The van der Waals surface area contributed by atoms with Gasteiger partial charge in [-0.15, -0.1) is 0 Å². The molecule has 1 N–H and O–H groups in total. The minimum Gasteiger partial charge on any atom is -0.394 e.